The second kappa shape index (κ2) is 5.58. The van der Waals surface area contributed by atoms with Gasteiger partial charge in [0.05, 0.1) is 0 Å². The standard InChI is InChI=1S/C10H19N3O2/c1-3-6-11-10(15)13(2)7-9(14)12-8-4-5-8/h8H,3-7H2,1-2H3,(H,11,15)(H,12,14). The number of carbonyl (C=O) groups excluding carboxylic acids is 2. The molecule has 0 aromatic heterocycles. The predicted molar refractivity (Wildman–Crippen MR) is 57.5 cm³/mol. The predicted octanol–water partition coefficient (Wildman–Crippen LogP) is 0.316. The average molecular weight is 213 g/mol. The number of urea groups is 1. The van der Waals surface area contributed by atoms with E-state index in [4.69, 9.17) is 0 Å². The molecular weight excluding hydrogens is 194 g/mol. The first-order valence-electron chi connectivity index (χ1n) is 5.41. The van der Waals surface area contributed by atoms with Gasteiger partial charge >= 0.3 is 6.03 Å². The molecule has 0 saturated heterocycles. The van der Waals surface area contributed by atoms with E-state index in [2.05, 4.69) is 10.6 Å². The summed E-state index contributed by atoms with van der Waals surface area (Å²) >= 11 is 0. The number of nitrogens with one attached hydrogen (secondary N) is 2. The van der Waals surface area contributed by atoms with Gasteiger partial charge in [0.2, 0.25) is 5.91 Å². The van der Waals surface area contributed by atoms with Crippen molar-refractivity contribution in [3.05, 3.63) is 0 Å². The van der Waals surface area contributed by atoms with Crippen LogP contribution in [-0.2, 0) is 4.79 Å². The zero-order valence-electron chi connectivity index (χ0n) is 9.38. The van der Waals surface area contributed by atoms with E-state index < -0.39 is 0 Å². The van der Waals surface area contributed by atoms with Crippen molar-refractivity contribution in [1.82, 2.24) is 15.5 Å². The average Bonchev–Trinajstić information content (AvgIpc) is 2.97. The molecule has 1 aliphatic carbocycles. The fourth-order valence-corrected chi connectivity index (χ4v) is 1.16. The van der Waals surface area contributed by atoms with E-state index >= 15 is 0 Å². The van der Waals surface area contributed by atoms with E-state index in [0.717, 1.165) is 19.3 Å². The third-order valence-corrected chi connectivity index (χ3v) is 2.20. The van der Waals surface area contributed by atoms with Crippen LogP contribution in [0.25, 0.3) is 0 Å². The Morgan fingerprint density at radius 1 is 1.40 bits per heavy atom. The highest BCUT2D eigenvalue weighted by Gasteiger charge is 2.24. The van der Waals surface area contributed by atoms with Crippen LogP contribution < -0.4 is 10.6 Å². The van der Waals surface area contributed by atoms with Crippen molar-refractivity contribution in [2.45, 2.75) is 32.2 Å². The highest BCUT2D eigenvalue weighted by molar-refractivity contribution is 5.84. The van der Waals surface area contributed by atoms with Crippen molar-refractivity contribution in [3.63, 3.8) is 0 Å². The molecule has 1 saturated carbocycles. The molecule has 0 spiro atoms. The quantitative estimate of drug-likeness (QED) is 0.690. The Balaban J connectivity index is 2.17. The maximum atomic E-state index is 11.4. The van der Waals surface area contributed by atoms with Gasteiger partial charge in [0, 0.05) is 19.6 Å². The van der Waals surface area contributed by atoms with Crippen LogP contribution in [0.3, 0.4) is 0 Å². The number of carbonyl (C=O) groups is 2. The number of hydrogen-bond donors (Lipinski definition) is 2. The van der Waals surface area contributed by atoms with E-state index in [1.54, 1.807) is 7.05 Å². The molecule has 0 atom stereocenters. The molecule has 1 rings (SSSR count). The zero-order valence-corrected chi connectivity index (χ0v) is 9.38. The van der Waals surface area contributed by atoms with Crippen molar-refractivity contribution in [1.29, 1.82) is 0 Å². The smallest absolute Gasteiger partial charge is 0.317 e. The first kappa shape index (κ1) is 11.8. The minimum atomic E-state index is -0.192. The molecule has 3 amide bonds. The van der Waals surface area contributed by atoms with Gasteiger partial charge in [0.1, 0.15) is 6.54 Å². The summed E-state index contributed by atoms with van der Waals surface area (Å²) in [5.74, 6) is -0.0772. The topological polar surface area (TPSA) is 61.4 Å². The molecule has 0 aromatic rings. The lowest BCUT2D eigenvalue weighted by Crippen LogP contribution is -2.43. The lowest BCUT2D eigenvalue weighted by molar-refractivity contribution is -0.121. The van der Waals surface area contributed by atoms with Crippen molar-refractivity contribution < 1.29 is 9.59 Å². The van der Waals surface area contributed by atoms with E-state index in [-0.39, 0.29) is 18.5 Å². The number of rotatable bonds is 5. The summed E-state index contributed by atoms with van der Waals surface area (Å²) in [6.45, 7) is 2.76. The normalized spacial score (nSPS) is 14.5. The highest BCUT2D eigenvalue weighted by Crippen LogP contribution is 2.18. The molecule has 0 aliphatic heterocycles. The summed E-state index contributed by atoms with van der Waals surface area (Å²) < 4.78 is 0. The van der Waals surface area contributed by atoms with E-state index in [1.165, 1.54) is 4.90 Å². The lowest BCUT2D eigenvalue weighted by atomic mass is 10.4. The Bertz CT molecular complexity index is 239. The van der Waals surface area contributed by atoms with E-state index in [1.807, 2.05) is 6.92 Å². The number of amides is 3. The molecule has 1 aliphatic rings. The van der Waals surface area contributed by atoms with Gasteiger partial charge in [-0.1, -0.05) is 6.92 Å². The Hall–Kier alpha value is -1.26. The second-order valence-electron chi connectivity index (χ2n) is 3.93. The van der Waals surface area contributed by atoms with Gasteiger partial charge in [-0.2, -0.15) is 0 Å². The fraction of sp³-hybridized carbons (Fsp3) is 0.800. The molecule has 5 nitrogen and oxygen atoms in total. The van der Waals surface area contributed by atoms with Crippen LogP contribution in [0, 0.1) is 0 Å². The molecule has 5 heteroatoms. The molecule has 0 radical (unpaired) electrons. The molecular formula is C10H19N3O2. The lowest BCUT2D eigenvalue weighted by Gasteiger charge is -2.17. The molecule has 15 heavy (non-hydrogen) atoms. The summed E-state index contributed by atoms with van der Waals surface area (Å²) in [6.07, 6.45) is 3.03. The highest BCUT2D eigenvalue weighted by atomic mass is 16.2. The van der Waals surface area contributed by atoms with Gasteiger partial charge < -0.3 is 15.5 Å². The van der Waals surface area contributed by atoms with Gasteiger partial charge in [-0.25, -0.2) is 4.79 Å². The zero-order chi connectivity index (χ0) is 11.3. The molecule has 0 bridgehead atoms. The molecule has 2 N–H and O–H groups in total. The van der Waals surface area contributed by atoms with Crippen LogP contribution in [0.2, 0.25) is 0 Å². The van der Waals surface area contributed by atoms with Crippen LogP contribution in [0.15, 0.2) is 0 Å². The van der Waals surface area contributed by atoms with Crippen molar-refractivity contribution in [3.8, 4) is 0 Å². The monoisotopic (exact) mass is 213 g/mol. The van der Waals surface area contributed by atoms with Crippen molar-refractivity contribution >= 4 is 11.9 Å². The Kier molecular flexibility index (Phi) is 4.39. The molecule has 0 unspecified atom stereocenters. The molecule has 0 aromatic carbocycles. The van der Waals surface area contributed by atoms with Gasteiger partial charge in [-0.05, 0) is 19.3 Å². The fourth-order valence-electron chi connectivity index (χ4n) is 1.16. The third kappa shape index (κ3) is 4.67. The van der Waals surface area contributed by atoms with Crippen LogP contribution in [0.1, 0.15) is 26.2 Å². The van der Waals surface area contributed by atoms with Gasteiger partial charge in [-0.3, -0.25) is 4.79 Å². The minimum absolute atomic E-state index is 0.0772. The van der Waals surface area contributed by atoms with E-state index in [0.29, 0.717) is 12.6 Å². The first-order chi connectivity index (χ1) is 7.13. The Morgan fingerprint density at radius 2 is 2.07 bits per heavy atom. The van der Waals surface area contributed by atoms with Crippen LogP contribution in [0.5, 0.6) is 0 Å². The van der Waals surface area contributed by atoms with E-state index in [9.17, 15) is 9.59 Å². The number of likely N-dealkylation sites (N-methyl/N-ethyl adjacent to an activating group) is 1. The largest absolute Gasteiger partial charge is 0.352 e. The van der Waals surface area contributed by atoms with Gasteiger partial charge in [0.25, 0.3) is 0 Å². The summed E-state index contributed by atoms with van der Waals surface area (Å²) in [4.78, 5) is 24.1. The first-order valence-corrected chi connectivity index (χ1v) is 5.41. The summed E-state index contributed by atoms with van der Waals surface area (Å²) in [7, 11) is 1.62. The second-order valence-corrected chi connectivity index (χ2v) is 3.93. The van der Waals surface area contributed by atoms with Crippen molar-refractivity contribution in [2.24, 2.45) is 0 Å². The number of hydrogen-bond acceptors (Lipinski definition) is 2. The molecule has 1 fully saturated rings. The molecule has 0 heterocycles. The Labute approximate surface area is 90.2 Å². The summed E-state index contributed by atoms with van der Waals surface area (Å²) in [5, 5.41) is 5.55. The van der Waals surface area contributed by atoms with Crippen LogP contribution in [-0.4, -0.2) is 43.0 Å². The summed E-state index contributed by atoms with van der Waals surface area (Å²) in [5.41, 5.74) is 0. The summed E-state index contributed by atoms with van der Waals surface area (Å²) in [6, 6.07) is 0.160. The third-order valence-electron chi connectivity index (χ3n) is 2.20. The molecule has 86 valence electrons. The van der Waals surface area contributed by atoms with Gasteiger partial charge in [-0.15, -0.1) is 0 Å². The van der Waals surface area contributed by atoms with Gasteiger partial charge in [0.15, 0.2) is 0 Å². The van der Waals surface area contributed by atoms with Crippen molar-refractivity contribution in [2.75, 3.05) is 20.1 Å². The van der Waals surface area contributed by atoms with Crippen LogP contribution >= 0.6 is 0 Å². The SMILES string of the molecule is CCCNC(=O)N(C)CC(=O)NC1CC1. The maximum absolute atomic E-state index is 11.4. The minimum Gasteiger partial charge on any atom is -0.352 e. The number of nitrogens with zero attached hydrogens (tertiary/aromatic N) is 1. The maximum Gasteiger partial charge on any atom is 0.317 e. The van der Waals surface area contributed by atoms with Crippen LogP contribution in [0.4, 0.5) is 4.79 Å². The Morgan fingerprint density at radius 3 is 2.60 bits per heavy atom.